The summed E-state index contributed by atoms with van der Waals surface area (Å²) in [6, 6.07) is 9.01. The van der Waals surface area contributed by atoms with Crippen molar-refractivity contribution in [3.8, 4) is 5.69 Å². The molecule has 2 aromatic carbocycles. The fourth-order valence-corrected chi connectivity index (χ4v) is 5.97. The first-order valence-corrected chi connectivity index (χ1v) is 12.4. The van der Waals surface area contributed by atoms with E-state index in [2.05, 4.69) is 4.90 Å². The van der Waals surface area contributed by atoms with Crippen LogP contribution < -0.4 is 5.73 Å². The Morgan fingerprint density at radius 3 is 2.31 bits per heavy atom. The predicted octanol–water partition coefficient (Wildman–Crippen LogP) is 5.97. The summed E-state index contributed by atoms with van der Waals surface area (Å²) >= 11 is 6.49. The van der Waals surface area contributed by atoms with Gasteiger partial charge in [0.2, 0.25) is 5.91 Å². The minimum absolute atomic E-state index is 0.125. The quantitative estimate of drug-likeness (QED) is 0.476. The Labute approximate surface area is 207 Å². The van der Waals surface area contributed by atoms with Crippen LogP contribution >= 0.6 is 11.6 Å². The zero-order chi connectivity index (χ0) is 25.0. The maximum Gasteiger partial charge on any atom is 0.416 e. The summed E-state index contributed by atoms with van der Waals surface area (Å²) < 4.78 is 41.7. The van der Waals surface area contributed by atoms with Crippen LogP contribution in [0.15, 0.2) is 36.4 Å². The number of likely N-dealkylation sites (tertiary alicyclic amines) is 1. The van der Waals surface area contributed by atoms with E-state index in [4.69, 9.17) is 22.3 Å². The maximum atomic E-state index is 13.3. The van der Waals surface area contributed by atoms with Gasteiger partial charge in [0.15, 0.2) is 0 Å². The molecule has 0 spiro atoms. The van der Waals surface area contributed by atoms with Crippen LogP contribution in [-0.4, -0.2) is 33.4 Å². The minimum atomic E-state index is -4.41. The number of amides is 1. The van der Waals surface area contributed by atoms with E-state index in [1.165, 1.54) is 12.1 Å². The first kappa shape index (κ1) is 24.1. The Morgan fingerprint density at radius 2 is 1.74 bits per heavy atom. The largest absolute Gasteiger partial charge is 0.416 e. The highest BCUT2D eigenvalue weighted by Crippen LogP contribution is 2.47. The number of piperidine rings is 1. The van der Waals surface area contributed by atoms with Crippen LogP contribution in [0.4, 0.5) is 13.2 Å². The van der Waals surface area contributed by atoms with Crippen LogP contribution in [0.1, 0.15) is 55.5 Å². The third-order valence-corrected chi connectivity index (χ3v) is 8.14. The Bertz CT molecular complexity index is 1250. The van der Waals surface area contributed by atoms with Crippen LogP contribution in [0.25, 0.3) is 16.7 Å². The summed E-state index contributed by atoms with van der Waals surface area (Å²) in [4.78, 5) is 19.3. The molecule has 35 heavy (non-hydrogen) atoms. The van der Waals surface area contributed by atoms with Gasteiger partial charge in [-0.1, -0.05) is 24.4 Å². The molecule has 0 bridgehead atoms. The topological polar surface area (TPSA) is 64.2 Å². The number of rotatable bonds is 4. The van der Waals surface area contributed by atoms with E-state index in [-0.39, 0.29) is 17.4 Å². The van der Waals surface area contributed by atoms with Crippen molar-refractivity contribution in [1.82, 2.24) is 14.5 Å². The van der Waals surface area contributed by atoms with Gasteiger partial charge in [-0.25, -0.2) is 4.98 Å². The van der Waals surface area contributed by atoms with Gasteiger partial charge in [-0.3, -0.25) is 14.3 Å². The molecule has 0 unspecified atom stereocenters. The molecule has 5 rings (SSSR count). The van der Waals surface area contributed by atoms with E-state index >= 15 is 0 Å². The lowest BCUT2D eigenvalue weighted by Crippen LogP contribution is -2.50. The average molecular weight is 505 g/mol. The molecule has 2 fully saturated rings. The molecule has 1 aromatic heterocycles. The van der Waals surface area contributed by atoms with E-state index in [9.17, 15) is 18.0 Å². The standard InChI is InChI=1S/C26H28ClF3N4O/c1-16-14-21-22(15-20(16)27)34(19-6-4-18(5-7-19)26(28,29)30)24(32-21)25(10-2-3-11-25)33-12-8-17(9-13-33)23(31)35/h4-7,14-15,17H,2-3,8-13H2,1H3,(H2,31,35). The molecule has 1 saturated heterocycles. The van der Waals surface area contributed by atoms with Crippen LogP contribution in [0.3, 0.4) is 0 Å². The van der Waals surface area contributed by atoms with Gasteiger partial charge in [-0.15, -0.1) is 0 Å². The molecule has 1 aliphatic carbocycles. The van der Waals surface area contributed by atoms with Crippen molar-refractivity contribution in [1.29, 1.82) is 0 Å². The summed E-state index contributed by atoms with van der Waals surface area (Å²) in [6.45, 7) is 3.37. The summed E-state index contributed by atoms with van der Waals surface area (Å²) in [5, 5.41) is 0.583. The summed E-state index contributed by atoms with van der Waals surface area (Å²) in [5.41, 5.74) is 7.55. The molecule has 5 nitrogen and oxygen atoms in total. The highest BCUT2D eigenvalue weighted by Gasteiger charge is 2.46. The average Bonchev–Trinajstić information content (AvgIpc) is 3.45. The Morgan fingerprint density at radius 1 is 1.11 bits per heavy atom. The molecule has 186 valence electrons. The van der Waals surface area contributed by atoms with Crippen molar-refractivity contribution in [3.05, 3.63) is 58.4 Å². The summed E-state index contributed by atoms with van der Waals surface area (Å²) in [5.74, 6) is 0.441. The van der Waals surface area contributed by atoms with Gasteiger partial charge in [0.05, 0.1) is 22.1 Å². The number of nitrogens with zero attached hydrogens (tertiary/aromatic N) is 3. The van der Waals surface area contributed by atoms with E-state index in [0.717, 1.165) is 73.3 Å². The molecule has 9 heteroatoms. The van der Waals surface area contributed by atoms with Gasteiger partial charge in [0.25, 0.3) is 0 Å². The van der Waals surface area contributed by atoms with Crippen molar-refractivity contribution < 1.29 is 18.0 Å². The zero-order valence-corrected chi connectivity index (χ0v) is 20.3. The van der Waals surface area contributed by atoms with Gasteiger partial charge >= 0.3 is 6.18 Å². The predicted molar refractivity (Wildman–Crippen MR) is 129 cm³/mol. The Balaban J connectivity index is 1.67. The Kier molecular flexibility index (Phi) is 6.08. The number of carbonyl (C=O) groups is 1. The lowest BCUT2D eigenvalue weighted by molar-refractivity contribution is -0.137. The lowest BCUT2D eigenvalue weighted by Gasteiger charge is -2.44. The first-order valence-electron chi connectivity index (χ1n) is 12.0. The van der Waals surface area contributed by atoms with Crippen molar-refractivity contribution >= 4 is 28.5 Å². The second-order valence-electron chi connectivity index (χ2n) is 9.81. The summed E-state index contributed by atoms with van der Waals surface area (Å²) in [7, 11) is 0. The number of benzene rings is 2. The van der Waals surface area contributed by atoms with Crippen molar-refractivity contribution in [2.24, 2.45) is 11.7 Å². The van der Waals surface area contributed by atoms with Crippen LogP contribution in [0.5, 0.6) is 0 Å². The molecular formula is C26H28ClF3N4O. The second kappa shape index (κ2) is 8.82. The molecule has 1 aliphatic heterocycles. The van der Waals surface area contributed by atoms with Gasteiger partial charge in [0.1, 0.15) is 5.82 Å². The number of imidazole rings is 1. The van der Waals surface area contributed by atoms with E-state index in [0.29, 0.717) is 23.6 Å². The van der Waals surface area contributed by atoms with Crippen LogP contribution in [0.2, 0.25) is 5.02 Å². The molecule has 2 N–H and O–H groups in total. The smallest absolute Gasteiger partial charge is 0.369 e. The number of hydrogen-bond acceptors (Lipinski definition) is 3. The zero-order valence-electron chi connectivity index (χ0n) is 19.5. The van der Waals surface area contributed by atoms with Crippen LogP contribution in [-0.2, 0) is 16.5 Å². The SMILES string of the molecule is Cc1cc2nc(C3(N4CCC(C(N)=O)CC4)CCCC3)n(-c3ccc(C(F)(F)F)cc3)c2cc1Cl. The van der Waals surface area contributed by atoms with E-state index < -0.39 is 11.7 Å². The summed E-state index contributed by atoms with van der Waals surface area (Å²) in [6.07, 6.45) is 0.842. The molecule has 1 amide bonds. The number of alkyl halides is 3. The lowest BCUT2D eigenvalue weighted by atomic mass is 9.87. The van der Waals surface area contributed by atoms with Crippen molar-refractivity contribution in [2.75, 3.05) is 13.1 Å². The van der Waals surface area contributed by atoms with Crippen LogP contribution in [0, 0.1) is 12.8 Å². The number of carbonyl (C=O) groups excluding carboxylic acids is 1. The van der Waals surface area contributed by atoms with Gasteiger partial charge < -0.3 is 5.73 Å². The third-order valence-electron chi connectivity index (χ3n) is 7.74. The van der Waals surface area contributed by atoms with Gasteiger partial charge in [-0.2, -0.15) is 13.2 Å². The number of hydrogen-bond donors (Lipinski definition) is 1. The molecule has 0 radical (unpaired) electrons. The molecule has 0 atom stereocenters. The van der Waals surface area contributed by atoms with Crippen molar-refractivity contribution in [3.63, 3.8) is 0 Å². The molecule has 2 aliphatic rings. The number of nitrogens with two attached hydrogens (primary N) is 1. The number of fused-ring (bicyclic) bond motifs is 1. The normalized spacial score (nSPS) is 19.5. The monoisotopic (exact) mass is 504 g/mol. The van der Waals surface area contributed by atoms with Gasteiger partial charge in [0, 0.05) is 16.6 Å². The number of aromatic nitrogens is 2. The maximum absolute atomic E-state index is 13.3. The molecule has 1 saturated carbocycles. The highest BCUT2D eigenvalue weighted by atomic mass is 35.5. The molecular weight excluding hydrogens is 477 g/mol. The number of primary amides is 1. The fourth-order valence-electron chi connectivity index (χ4n) is 5.81. The Hall–Kier alpha value is -2.58. The number of aryl methyl sites for hydroxylation is 1. The second-order valence-corrected chi connectivity index (χ2v) is 10.2. The molecule has 2 heterocycles. The number of halogens is 4. The third kappa shape index (κ3) is 4.20. The van der Waals surface area contributed by atoms with Gasteiger partial charge in [-0.05, 0) is 87.7 Å². The van der Waals surface area contributed by atoms with Crippen molar-refractivity contribution in [2.45, 2.75) is 57.2 Å². The van der Waals surface area contributed by atoms with E-state index in [1.54, 1.807) is 0 Å². The molecule has 3 aromatic rings. The highest BCUT2D eigenvalue weighted by molar-refractivity contribution is 6.32. The minimum Gasteiger partial charge on any atom is -0.369 e. The fraction of sp³-hybridized carbons (Fsp3) is 0.462. The first-order chi connectivity index (χ1) is 16.6. The van der Waals surface area contributed by atoms with E-state index in [1.807, 2.05) is 23.6 Å².